The first kappa shape index (κ1) is 22.0. The highest BCUT2D eigenvalue weighted by Crippen LogP contribution is 2.34. The fourth-order valence-corrected chi connectivity index (χ4v) is 4.51. The third-order valence-corrected chi connectivity index (χ3v) is 6.10. The molecule has 0 atom stereocenters. The quantitative estimate of drug-likeness (QED) is 0.429. The zero-order valence-electron chi connectivity index (χ0n) is 18.4. The van der Waals surface area contributed by atoms with Gasteiger partial charge in [-0.1, -0.05) is 32.0 Å². The van der Waals surface area contributed by atoms with Crippen molar-refractivity contribution in [3.05, 3.63) is 65.2 Å². The molecule has 0 N–H and O–H groups in total. The smallest absolute Gasteiger partial charge is 0.293 e. The minimum atomic E-state index is -0.214. The van der Waals surface area contributed by atoms with Crippen molar-refractivity contribution in [1.82, 2.24) is 9.47 Å². The number of carbonyl (C=O) groups is 2. The predicted octanol–water partition coefficient (Wildman–Crippen LogP) is 5.42. The number of fused-ring (bicyclic) bond motifs is 1. The number of imide groups is 1. The molecule has 2 amide bonds. The van der Waals surface area contributed by atoms with Gasteiger partial charge in [0, 0.05) is 29.2 Å². The van der Waals surface area contributed by atoms with Crippen molar-refractivity contribution in [2.75, 3.05) is 20.3 Å². The lowest BCUT2D eigenvalue weighted by molar-refractivity contribution is -0.123. The third-order valence-electron chi connectivity index (χ3n) is 5.19. The molecule has 1 aromatic heterocycles. The maximum atomic E-state index is 12.8. The second-order valence-corrected chi connectivity index (χ2v) is 9.00. The highest BCUT2D eigenvalue weighted by molar-refractivity contribution is 8.18. The van der Waals surface area contributed by atoms with Crippen LogP contribution < -0.4 is 9.47 Å². The summed E-state index contributed by atoms with van der Waals surface area (Å²) in [6, 6.07) is 15.5. The number of para-hydroxylation sites is 1. The molecule has 1 fully saturated rings. The van der Waals surface area contributed by atoms with Crippen molar-refractivity contribution >= 4 is 39.9 Å². The summed E-state index contributed by atoms with van der Waals surface area (Å²) in [5.74, 6) is 1.58. The van der Waals surface area contributed by atoms with E-state index in [0.717, 1.165) is 39.7 Å². The molecular formula is C25H26N2O4S. The van der Waals surface area contributed by atoms with Gasteiger partial charge in [0.15, 0.2) is 0 Å². The van der Waals surface area contributed by atoms with Gasteiger partial charge in [-0.25, -0.2) is 0 Å². The molecule has 166 valence electrons. The minimum Gasteiger partial charge on any atom is -0.497 e. The molecule has 0 spiro atoms. The molecule has 32 heavy (non-hydrogen) atoms. The highest BCUT2D eigenvalue weighted by atomic mass is 32.2. The number of aromatic nitrogens is 1. The van der Waals surface area contributed by atoms with Gasteiger partial charge in [0.2, 0.25) is 0 Å². The van der Waals surface area contributed by atoms with Gasteiger partial charge in [0.05, 0.1) is 18.6 Å². The largest absolute Gasteiger partial charge is 0.497 e. The maximum Gasteiger partial charge on any atom is 0.293 e. The predicted molar refractivity (Wildman–Crippen MR) is 128 cm³/mol. The van der Waals surface area contributed by atoms with E-state index in [-0.39, 0.29) is 17.1 Å². The Morgan fingerprint density at radius 2 is 1.75 bits per heavy atom. The molecular weight excluding hydrogens is 424 g/mol. The molecule has 3 aromatic rings. The van der Waals surface area contributed by atoms with E-state index in [2.05, 4.69) is 4.57 Å². The Morgan fingerprint density at radius 3 is 2.47 bits per heavy atom. The molecule has 0 unspecified atom stereocenters. The summed E-state index contributed by atoms with van der Waals surface area (Å²) in [7, 11) is 1.63. The average molecular weight is 451 g/mol. The van der Waals surface area contributed by atoms with Gasteiger partial charge < -0.3 is 14.0 Å². The Kier molecular flexibility index (Phi) is 6.55. The summed E-state index contributed by atoms with van der Waals surface area (Å²) in [5.41, 5.74) is 1.97. The Balaban J connectivity index is 1.53. The van der Waals surface area contributed by atoms with Crippen molar-refractivity contribution in [2.45, 2.75) is 20.4 Å². The first-order valence-corrected chi connectivity index (χ1v) is 11.4. The normalized spacial score (nSPS) is 15.4. The number of ether oxygens (including phenoxy) is 2. The highest BCUT2D eigenvalue weighted by Gasteiger charge is 2.35. The zero-order valence-corrected chi connectivity index (χ0v) is 19.2. The van der Waals surface area contributed by atoms with Gasteiger partial charge in [-0.05, 0) is 54.1 Å². The van der Waals surface area contributed by atoms with Crippen LogP contribution in [0.25, 0.3) is 17.0 Å². The van der Waals surface area contributed by atoms with Gasteiger partial charge in [0.25, 0.3) is 11.1 Å². The van der Waals surface area contributed by atoms with E-state index in [0.29, 0.717) is 24.6 Å². The summed E-state index contributed by atoms with van der Waals surface area (Å²) >= 11 is 1.01. The second kappa shape index (κ2) is 9.53. The SMILES string of the molecule is COc1ccc(OCCn2cc(/C=C3\SC(=O)N(CC(C)C)C3=O)c3ccccc32)cc1. The van der Waals surface area contributed by atoms with E-state index in [4.69, 9.17) is 9.47 Å². The van der Waals surface area contributed by atoms with Crippen LogP contribution in [0.15, 0.2) is 59.6 Å². The van der Waals surface area contributed by atoms with Gasteiger partial charge in [0.1, 0.15) is 18.1 Å². The van der Waals surface area contributed by atoms with Crippen LogP contribution in [0.1, 0.15) is 19.4 Å². The van der Waals surface area contributed by atoms with Gasteiger partial charge in [-0.15, -0.1) is 0 Å². The number of methoxy groups -OCH3 is 1. The Bertz CT molecular complexity index is 1160. The van der Waals surface area contributed by atoms with Crippen LogP contribution >= 0.6 is 11.8 Å². The Morgan fingerprint density at radius 1 is 1.03 bits per heavy atom. The molecule has 2 aromatic carbocycles. The van der Waals surface area contributed by atoms with Gasteiger partial charge in [-0.3, -0.25) is 14.5 Å². The number of nitrogens with zero attached hydrogens (tertiary/aromatic N) is 2. The topological polar surface area (TPSA) is 60.8 Å². The van der Waals surface area contributed by atoms with E-state index in [1.807, 2.05) is 74.7 Å². The van der Waals surface area contributed by atoms with Crippen molar-refractivity contribution in [1.29, 1.82) is 0 Å². The van der Waals surface area contributed by atoms with Crippen LogP contribution in [0.3, 0.4) is 0 Å². The van der Waals surface area contributed by atoms with E-state index >= 15 is 0 Å². The van der Waals surface area contributed by atoms with E-state index in [9.17, 15) is 9.59 Å². The van der Waals surface area contributed by atoms with Crippen LogP contribution in [-0.4, -0.2) is 40.9 Å². The number of thioether (sulfide) groups is 1. The van der Waals surface area contributed by atoms with Crippen LogP contribution in [0.4, 0.5) is 4.79 Å². The Labute approximate surface area is 191 Å². The number of hydrogen-bond donors (Lipinski definition) is 0. The maximum absolute atomic E-state index is 12.8. The number of carbonyl (C=O) groups excluding carboxylic acids is 2. The van der Waals surface area contributed by atoms with Crippen molar-refractivity contribution in [2.24, 2.45) is 5.92 Å². The lowest BCUT2D eigenvalue weighted by atomic mass is 10.1. The second-order valence-electron chi connectivity index (χ2n) is 8.01. The average Bonchev–Trinajstić information content (AvgIpc) is 3.26. The molecule has 1 aliphatic heterocycles. The molecule has 0 radical (unpaired) electrons. The summed E-state index contributed by atoms with van der Waals surface area (Å²) in [5, 5.41) is 0.833. The zero-order chi connectivity index (χ0) is 22.7. The Hall–Kier alpha value is -3.19. The molecule has 6 nitrogen and oxygen atoms in total. The van der Waals surface area contributed by atoms with Gasteiger partial charge in [-0.2, -0.15) is 0 Å². The molecule has 4 rings (SSSR count). The van der Waals surface area contributed by atoms with Gasteiger partial charge >= 0.3 is 0 Å². The number of rotatable bonds is 8. The lowest BCUT2D eigenvalue weighted by Gasteiger charge is -2.14. The third kappa shape index (κ3) is 4.67. The monoisotopic (exact) mass is 450 g/mol. The van der Waals surface area contributed by atoms with Crippen LogP contribution in [0.2, 0.25) is 0 Å². The number of amides is 2. The van der Waals surface area contributed by atoms with Crippen molar-refractivity contribution in [3.63, 3.8) is 0 Å². The minimum absolute atomic E-state index is 0.202. The molecule has 1 aliphatic rings. The summed E-state index contributed by atoms with van der Waals surface area (Å²) in [6.45, 7) is 5.57. The first-order valence-electron chi connectivity index (χ1n) is 10.6. The van der Waals surface area contributed by atoms with E-state index < -0.39 is 0 Å². The van der Waals surface area contributed by atoms with E-state index in [1.165, 1.54) is 4.90 Å². The van der Waals surface area contributed by atoms with Crippen molar-refractivity contribution in [3.8, 4) is 11.5 Å². The van der Waals surface area contributed by atoms with Crippen molar-refractivity contribution < 1.29 is 19.1 Å². The molecule has 0 saturated carbocycles. The summed E-state index contributed by atoms with van der Waals surface area (Å²) < 4.78 is 13.2. The van der Waals surface area contributed by atoms with Crippen LogP contribution in [0, 0.1) is 5.92 Å². The fourth-order valence-electron chi connectivity index (χ4n) is 3.67. The fraction of sp³-hybridized carbons (Fsp3) is 0.280. The molecule has 0 aliphatic carbocycles. The summed E-state index contributed by atoms with van der Waals surface area (Å²) in [4.78, 5) is 26.9. The van der Waals surface area contributed by atoms with Crippen LogP contribution in [-0.2, 0) is 11.3 Å². The van der Waals surface area contributed by atoms with Crippen LogP contribution in [0.5, 0.6) is 11.5 Å². The van der Waals surface area contributed by atoms with E-state index in [1.54, 1.807) is 7.11 Å². The number of hydrogen-bond acceptors (Lipinski definition) is 5. The molecule has 2 heterocycles. The molecule has 0 bridgehead atoms. The first-order chi connectivity index (χ1) is 15.5. The summed E-state index contributed by atoms with van der Waals surface area (Å²) in [6.07, 6.45) is 3.84. The standard InChI is InChI=1S/C25H26N2O4S/c1-17(2)15-27-24(28)23(32-25(27)29)14-18-16-26(22-7-5-4-6-21(18)22)12-13-31-20-10-8-19(30-3)9-11-20/h4-11,14,16-17H,12-13,15H2,1-3H3/b23-14-. The molecule has 1 saturated heterocycles. The lowest BCUT2D eigenvalue weighted by Crippen LogP contribution is -2.31. The molecule has 7 heteroatoms. The number of benzene rings is 2.